The summed E-state index contributed by atoms with van der Waals surface area (Å²) in [6, 6.07) is 7.86. The van der Waals surface area contributed by atoms with Crippen molar-refractivity contribution in [2.45, 2.75) is 25.8 Å². The topological polar surface area (TPSA) is 61.3 Å². The first kappa shape index (κ1) is 14.8. The monoisotopic (exact) mass is 298 g/mol. The van der Waals surface area contributed by atoms with Gasteiger partial charge in [0.05, 0.1) is 11.9 Å². The molecule has 3 rings (SSSR count). The summed E-state index contributed by atoms with van der Waals surface area (Å²) in [6.07, 6.45) is 4.02. The lowest BCUT2D eigenvalue weighted by molar-refractivity contribution is 0.261. The molecule has 2 aromatic rings. The van der Waals surface area contributed by atoms with Crippen molar-refractivity contribution in [3.8, 4) is 17.0 Å². The first-order valence-corrected chi connectivity index (χ1v) is 7.70. The molecule has 1 aromatic heterocycles. The van der Waals surface area contributed by atoms with Crippen LogP contribution in [0, 0.1) is 6.92 Å². The second kappa shape index (κ2) is 6.32. The maximum absolute atomic E-state index is 10.2. The van der Waals surface area contributed by atoms with Crippen molar-refractivity contribution in [1.29, 1.82) is 0 Å². The molecule has 0 bridgehead atoms. The van der Waals surface area contributed by atoms with Crippen LogP contribution in [-0.2, 0) is 0 Å². The average Bonchev–Trinajstić information content (AvgIpc) is 2.50. The first-order valence-electron chi connectivity index (χ1n) is 7.70. The average molecular weight is 298 g/mol. The number of aromatic hydroxyl groups is 1. The van der Waals surface area contributed by atoms with Crippen LogP contribution in [0.25, 0.3) is 11.3 Å². The first-order chi connectivity index (χ1) is 10.6. The Morgan fingerprint density at radius 3 is 3.00 bits per heavy atom. The lowest BCUT2D eigenvalue weighted by Gasteiger charge is -2.31. The number of aromatic nitrogens is 2. The summed E-state index contributed by atoms with van der Waals surface area (Å²) in [5.41, 5.74) is 3.44. The van der Waals surface area contributed by atoms with Gasteiger partial charge in [0.15, 0.2) is 0 Å². The molecule has 116 valence electrons. The van der Waals surface area contributed by atoms with Gasteiger partial charge in [-0.2, -0.15) is 5.10 Å². The predicted molar refractivity (Wildman–Crippen MR) is 88.0 cm³/mol. The second-order valence-electron chi connectivity index (χ2n) is 6.06. The summed E-state index contributed by atoms with van der Waals surface area (Å²) >= 11 is 0. The highest BCUT2D eigenvalue weighted by Crippen LogP contribution is 2.33. The molecule has 1 aromatic carbocycles. The number of aryl methyl sites for hydroxylation is 1. The summed E-state index contributed by atoms with van der Waals surface area (Å²) in [6.45, 7) is 4.17. The minimum Gasteiger partial charge on any atom is -0.507 e. The number of likely N-dealkylation sites (N-methyl/N-ethyl adjacent to an activating group) is 1. The fourth-order valence-corrected chi connectivity index (χ4v) is 2.99. The summed E-state index contributed by atoms with van der Waals surface area (Å²) in [5.74, 6) is 0.231. The molecule has 1 aliphatic heterocycles. The fraction of sp³-hybridized carbons (Fsp3) is 0.412. The molecule has 22 heavy (non-hydrogen) atoms. The quantitative estimate of drug-likeness (QED) is 0.912. The number of piperidine rings is 1. The number of likely N-dealkylation sites (tertiary alicyclic amines) is 1. The van der Waals surface area contributed by atoms with Crippen molar-refractivity contribution in [3.63, 3.8) is 0 Å². The van der Waals surface area contributed by atoms with Crippen molar-refractivity contribution in [1.82, 2.24) is 15.1 Å². The molecule has 1 unspecified atom stereocenters. The Bertz CT molecular complexity index is 659. The van der Waals surface area contributed by atoms with E-state index in [2.05, 4.69) is 27.5 Å². The summed E-state index contributed by atoms with van der Waals surface area (Å²) < 4.78 is 0. The van der Waals surface area contributed by atoms with Gasteiger partial charge in [-0.1, -0.05) is 11.6 Å². The van der Waals surface area contributed by atoms with E-state index in [4.69, 9.17) is 0 Å². The van der Waals surface area contributed by atoms with Gasteiger partial charge in [-0.25, -0.2) is 0 Å². The zero-order chi connectivity index (χ0) is 15.5. The van der Waals surface area contributed by atoms with E-state index in [-0.39, 0.29) is 5.75 Å². The predicted octanol–water partition coefficient (Wildman–Crippen LogP) is 2.66. The van der Waals surface area contributed by atoms with Gasteiger partial charge < -0.3 is 15.3 Å². The van der Waals surface area contributed by atoms with Crippen molar-refractivity contribution in [2.24, 2.45) is 0 Å². The van der Waals surface area contributed by atoms with E-state index in [9.17, 15) is 5.11 Å². The Labute approximate surface area is 131 Å². The molecular formula is C17H22N4O. The van der Waals surface area contributed by atoms with E-state index in [1.165, 1.54) is 6.42 Å². The van der Waals surface area contributed by atoms with Crippen LogP contribution >= 0.6 is 0 Å². The molecule has 0 spiro atoms. The SMILES string of the molecule is Cc1ccc(O)c(-c2nnccc2NC2CCCN(C)C2)c1. The maximum atomic E-state index is 10.2. The molecular weight excluding hydrogens is 276 g/mol. The van der Waals surface area contributed by atoms with E-state index in [0.29, 0.717) is 11.7 Å². The minimum atomic E-state index is 0.231. The third-order valence-corrected chi connectivity index (χ3v) is 4.11. The van der Waals surface area contributed by atoms with Crippen LogP contribution in [0.2, 0.25) is 0 Å². The van der Waals surface area contributed by atoms with Crippen LogP contribution in [0.1, 0.15) is 18.4 Å². The summed E-state index contributed by atoms with van der Waals surface area (Å²) in [7, 11) is 2.14. The van der Waals surface area contributed by atoms with Gasteiger partial charge >= 0.3 is 0 Å². The number of hydrogen-bond donors (Lipinski definition) is 2. The van der Waals surface area contributed by atoms with Gasteiger partial charge in [-0.15, -0.1) is 5.10 Å². The number of nitrogens with one attached hydrogen (secondary N) is 1. The smallest absolute Gasteiger partial charge is 0.125 e. The highest BCUT2D eigenvalue weighted by atomic mass is 16.3. The Balaban J connectivity index is 1.91. The van der Waals surface area contributed by atoms with Gasteiger partial charge in [0.1, 0.15) is 11.4 Å². The van der Waals surface area contributed by atoms with Crippen LogP contribution in [0.4, 0.5) is 5.69 Å². The zero-order valence-electron chi connectivity index (χ0n) is 13.1. The molecule has 2 heterocycles. The third kappa shape index (κ3) is 3.20. The Hall–Kier alpha value is -2.14. The number of phenolic OH excluding ortho intramolecular Hbond substituents is 1. The van der Waals surface area contributed by atoms with Gasteiger partial charge in [0, 0.05) is 18.2 Å². The molecule has 1 aliphatic rings. The number of rotatable bonds is 3. The van der Waals surface area contributed by atoms with Crippen LogP contribution < -0.4 is 5.32 Å². The molecule has 1 saturated heterocycles. The maximum Gasteiger partial charge on any atom is 0.125 e. The van der Waals surface area contributed by atoms with Crippen molar-refractivity contribution in [3.05, 3.63) is 36.0 Å². The van der Waals surface area contributed by atoms with E-state index in [1.807, 2.05) is 25.1 Å². The number of hydrogen-bond acceptors (Lipinski definition) is 5. The van der Waals surface area contributed by atoms with Crippen LogP contribution in [0.15, 0.2) is 30.5 Å². The lowest BCUT2D eigenvalue weighted by Crippen LogP contribution is -2.39. The van der Waals surface area contributed by atoms with Gasteiger partial charge in [0.25, 0.3) is 0 Å². The van der Waals surface area contributed by atoms with Crippen LogP contribution in [-0.4, -0.2) is 46.4 Å². The Morgan fingerprint density at radius 2 is 2.18 bits per heavy atom. The van der Waals surface area contributed by atoms with E-state index < -0.39 is 0 Å². The molecule has 1 fully saturated rings. The standard InChI is InChI=1S/C17H22N4O/c1-12-5-6-16(22)14(10-12)17-15(7-8-18-20-17)19-13-4-3-9-21(2)11-13/h5-8,10,13,22H,3-4,9,11H2,1-2H3,(H,18,19). The number of anilines is 1. The van der Waals surface area contributed by atoms with Gasteiger partial charge in [-0.3, -0.25) is 0 Å². The van der Waals surface area contributed by atoms with E-state index >= 15 is 0 Å². The lowest BCUT2D eigenvalue weighted by atomic mass is 10.0. The molecule has 0 aliphatic carbocycles. The van der Waals surface area contributed by atoms with Crippen molar-refractivity contribution >= 4 is 5.69 Å². The van der Waals surface area contributed by atoms with Gasteiger partial charge in [0.2, 0.25) is 0 Å². The van der Waals surface area contributed by atoms with Crippen molar-refractivity contribution in [2.75, 3.05) is 25.5 Å². The minimum absolute atomic E-state index is 0.231. The Morgan fingerprint density at radius 1 is 1.32 bits per heavy atom. The summed E-state index contributed by atoms with van der Waals surface area (Å²) in [4.78, 5) is 2.33. The van der Waals surface area contributed by atoms with E-state index in [1.54, 1.807) is 12.3 Å². The largest absolute Gasteiger partial charge is 0.507 e. The van der Waals surface area contributed by atoms with Crippen LogP contribution in [0.5, 0.6) is 5.75 Å². The Kier molecular flexibility index (Phi) is 4.24. The second-order valence-corrected chi connectivity index (χ2v) is 6.06. The summed E-state index contributed by atoms with van der Waals surface area (Å²) in [5, 5.41) is 22.0. The molecule has 5 heteroatoms. The molecule has 0 amide bonds. The molecule has 2 N–H and O–H groups in total. The normalized spacial score (nSPS) is 19.1. The number of benzene rings is 1. The van der Waals surface area contributed by atoms with Gasteiger partial charge in [-0.05, 0) is 51.6 Å². The highest BCUT2D eigenvalue weighted by Gasteiger charge is 2.19. The molecule has 5 nitrogen and oxygen atoms in total. The fourth-order valence-electron chi connectivity index (χ4n) is 2.99. The number of phenols is 1. The molecule has 1 atom stereocenters. The highest BCUT2D eigenvalue weighted by molar-refractivity contribution is 5.78. The molecule has 0 saturated carbocycles. The number of nitrogens with zero attached hydrogens (tertiary/aromatic N) is 3. The molecule has 0 radical (unpaired) electrons. The zero-order valence-corrected chi connectivity index (χ0v) is 13.1. The van der Waals surface area contributed by atoms with Crippen molar-refractivity contribution < 1.29 is 5.11 Å². The van der Waals surface area contributed by atoms with Crippen LogP contribution in [0.3, 0.4) is 0 Å². The third-order valence-electron chi connectivity index (χ3n) is 4.11. The van der Waals surface area contributed by atoms with E-state index in [0.717, 1.165) is 36.3 Å².